The number of carbonyl (C=O) groups excluding carboxylic acids is 1. The standard InChI is InChI=1S/C19H23NO2.ClH/c1-14-6-4-7-15(10-14)11-17(13-20(2)3)19(22)16-8-5-9-18(21)12-16;/h4-10,12,17,21H,11,13H2,1-3H3;1H/t17-;/m0./s1. The van der Waals surface area contributed by atoms with Crippen molar-refractivity contribution in [3.8, 4) is 5.75 Å². The lowest BCUT2D eigenvalue weighted by atomic mass is 9.90. The Morgan fingerprint density at radius 1 is 1.13 bits per heavy atom. The van der Waals surface area contributed by atoms with Gasteiger partial charge in [-0.25, -0.2) is 0 Å². The van der Waals surface area contributed by atoms with Gasteiger partial charge in [-0.3, -0.25) is 4.79 Å². The van der Waals surface area contributed by atoms with Crippen LogP contribution in [0.4, 0.5) is 0 Å². The first-order valence-corrected chi connectivity index (χ1v) is 7.49. The van der Waals surface area contributed by atoms with Gasteiger partial charge in [0.25, 0.3) is 0 Å². The summed E-state index contributed by atoms with van der Waals surface area (Å²) in [6, 6.07) is 14.9. The Kier molecular flexibility index (Phi) is 7.27. The van der Waals surface area contributed by atoms with Gasteiger partial charge >= 0.3 is 0 Å². The van der Waals surface area contributed by atoms with Crippen molar-refractivity contribution < 1.29 is 9.90 Å². The topological polar surface area (TPSA) is 40.5 Å². The molecule has 2 aromatic rings. The fourth-order valence-corrected chi connectivity index (χ4v) is 2.70. The van der Waals surface area contributed by atoms with E-state index in [1.54, 1.807) is 24.3 Å². The second kappa shape index (κ2) is 8.70. The van der Waals surface area contributed by atoms with Gasteiger partial charge in [-0.05, 0) is 45.1 Å². The van der Waals surface area contributed by atoms with E-state index in [0.29, 0.717) is 18.5 Å². The molecule has 2 rings (SSSR count). The Balaban J connectivity index is 0.00000264. The number of hydrogen-bond acceptors (Lipinski definition) is 3. The molecule has 0 heterocycles. The molecule has 4 heteroatoms. The molecule has 1 N–H and O–H groups in total. The van der Waals surface area contributed by atoms with Crippen molar-refractivity contribution in [1.82, 2.24) is 4.90 Å². The SMILES string of the molecule is Cc1cccc(C[C@@H](CN(C)C)C(=O)c2cccc(O)c2)c1.Cl. The molecule has 0 saturated heterocycles. The number of halogens is 1. The van der Waals surface area contributed by atoms with E-state index in [1.165, 1.54) is 11.1 Å². The molecule has 0 aliphatic heterocycles. The molecule has 0 aliphatic rings. The first kappa shape index (κ1) is 19.2. The summed E-state index contributed by atoms with van der Waals surface area (Å²) in [5, 5.41) is 9.59. The van der Waals surface area contributed by atoms with Crippen molar-refractivity contribution in [2.45, 2.75) is 13.3 Å². The molecule has 0 unspecified atom stereocenters. The summed E-state index contributed by atoms with van der Waals surface area (Å²) < 4.78 is 0. The lowest BCUT2D eigenvalue weighted by Gasteiger charge is -2.20. The second-order valence-electron chi connectivity index (χ2n) is 6.07. The third kappa shape index (κ3) is 5.70. The summed E-state index contributed by atoms with van der Waals surface area (Å²) in [4.78, 5) is 14.8. The number of nitrogens with zero attached hydrogens (tertiary/aromatic N) is 1. The van der Waals surface area contributed by atoms with Gasteiger partial charge in [-0.2, -0.15) is 0 Å². The minimum atomic E-state index is -0.126. The highest BCUT2D eigenvalue weighted by atomic mass is 35.5. The summed E-state index contributed by atoms with van der Waals surface area (Å²) in [7, 11) is 3.94. The first-order valence-electron chi connectivity index (χ1n) is 7.49. The van der Waals surface area contributed by atoms with Crippen LogP contribution in [0.3, 0.4) is 0 Å². The van der Waals surface area contributed by atoms with Crippen LogP contribution in [0.1, 0.15) is 21.5 Å². The number of carbonyl (C=O) groups is 1. The molecule has 124 valence electrons. The van der Waals surface area contributed by atoms with Crippen LogP contribution in [0, 0.1) is 12.8 Å². The van der Waals surface area contributed by atoms with E-state index in [-0.39, 0.29) is 29.9 Å². The predicted octanol–water partition coefficient (Wildman–Crippen LogP) is 3.73. The van der Waals surface area contributed by atoms with Crippen LogP contribution in [0.15, 0.2) is 48.5 Å². The van der Waals surface area contributed by atoms with Gasteiger partial charge in [-0.1, -0.05) is 42.0 Å². The average molecular weight is 334 g/mol. The maximum Gasteiger partial charge on any atom is 0.167 e. The van der Waals surface area contributed by atoms with Gasteiger partial charge in [0.2, 0.25) is 0 Å². The largest absolute Gasteiger partial charge is 0.508 e. The molecule has 0 radical (unpaired) electrons. The van der Waals surface area contributed by atoms with E-state index in [9.17, 15) is 9.90 Å². The summed E-state index contributed by atoms with van der Waals surface area (Å²) in [6.07, 6.45) is 0.703. The van der Waals surface area contributed by atoms with Crippen LogP contribution in [-0.2, 0) is 6.42 Å². The minimum Gasteiger partial charge on any atom is -0.508 e. The summed E-state index contributed by atoms with van der Waals surface area (Å²) in [6.45, 7) is 2.74. The number of hydrogen-bond donors (Lipinski definition) is 1. The van der Waals surface area contributed by atoms with Crippen molar-refractivity contribution in [2.75, 3.05) is 20.6 Å². The highest BCUT2D eigenvalue weighted by Gasteiger charge is 2.21. The molecule has 0 aliphatic carbocycles. The quantitative estimate of drug-likeness (QED) is 0.819. The number of Topliss-reactive ketones (excluding diaryl/α,β-unsaturated/α-hetero) is 1. The molecule has 0 fully saturated rings. The number of rotatable bonds is 6. The van der Waals surface area contributed by atoms with E-state index in [4.69, 9.17) is 0 Å². The zero-order valence-corrected chi connectivity index (χ0v) is 14.6. The highest BCUT2D eigenvalue weighted by Crippen LogP contribution is 2.19. The number of benzene rings is 2. The monoisotopic (exact) mass is 333 g/mol. The van der Waals surface area contributed by atoms with Crippen LogP contribution in [0.2, 0.25) is 0 Å². The molecule has 1 atom stereocenters. The Labute approximate surface area is 144 Å². The molecular formula is C19H24ClNO2. The number of phenolic OH excluding ortho intramolecular Hbond substituents is 1. The molecule has 0 bridgehead atoms. The third-order valence-corrected chi connectivity index (χ3v) is 3.65. The van der Waals surface area contributed by atoms with Gasteiger partial charge < -0.3 is 10.0 Å². The van der Waals surface area contributed by atoms with Crippen molar-refractivity contribution in [3.05, 3.63) is 65.2 Å². The van der Waals surface area contributed by atoms with Crippen molar-refractivity contribution in [3.63, 3.8) is 0 Å². The fourth-order valence-electron chi connectivity index (χ4n) is 2.70. The lowest BCUT2D eigenvalue weighted by Crippen LogP contribution is -2.29. The Morgan fingerprint density at radius 3 is 2.43 bits per heavy atom. The molecule has 0 amide bonds. The Hall–Kier alpha value is -1.84. The maximum atomic E-state index is 12.8. The van der Waals surface area contributed by atoms with Gasteiger partial charge in [-0.15, -0.1) is 12.4 Å². The van der Waals surface area contributed by atoms with Crippen molar-refractivity contribution >= 4 is 18.2 Å². The zero-order valence-electron chi connectivity index (χ0n) is 13.8. The van der Waals surface area contributed by atoms with Gasteiger partial charge in [0, 0.05) is 18.0 Å². The Bertz CT molecular complexity index is 655. The first-order chi connectivity index (χ1) is 10.5. The Morgan fingerprint density at radius 2 is 1.83 bits per heavy atom. The number of phenols is 1. The molecule has 0 spiro atoms. The lowest BCUT2D eigenvalue weighted by molar-refractivity contribution is 0.0896. The average Bonchev–Trinajstić information content (AvgIpc) is 2.45. The normalized spacial score (nSPS) is 11.8. The molecule has 0 aromatic heterocycles. The van der Waals surface area contributed by atoms with Crippen LogP contribution >= 0.6 is 12.4 Å². The van der Waals surface area contributed by atoms with E-state index in [0.717, 1.165) is 0 Å². The smallest absolute Gasteiger partial charge is 0.167 e. The van der Waals surface area contributed by atoms with Crippen molar-refractivity contribution in [2.24, 2.45) is 5.92 Å². The van der Waals surface area contributed by atoms with Gasteiger partial charge in [0.15, 0.2) is 5.78 Å². The van der Waals surface area contributed by atoms with E-state index in [1.807, 2.05) is 25.1 Å². The molecule has 0 saturated carbocycles. The van der Waals surface area contributed by atoms with E-state index >= 15 is 0 Å². The maximum absolute atomic E-state index is 12.8. The number of ketones is 1. The fraction of sp³-hybridized carbons (Fsp3) is 0.316. The van der Waals surface area contributed by atoms with Crippen molar-refractivity contribution in [1.29, 1.82) is 0 Å². The highest BCUT2D eigenvalue weighted by molar-refractivity contribution is 5.98. The van der Waals surface area contributed by atoms with Gasteiger partial charge in [0.1, 0.15) is 5.75 Å². The zero-order chi connectivity index (χ0) is 16.1. The van der Waals surface area contributed by atoms with Crippen LogP contribution in [0.25, 0.3) is 0 Å². The molecule has 23 heavy (non-hydrogen) atoms. The predicted molar refractivity (Wildman–Crippen MR) is 96.6 cm³/mol. The molecule has 3 nitrogen and oxygen atoms in total. The summed E-state index contributed by atoms with van der Waals surface area (Å²) in [5.41, 5.74) is 2.94. The van der Waals surface area contributed by atoms with Crippen LogP contribution < -0.4 is 0 Å². The second-order valence-corrected chi connectivity index (χ2v) is 6.07. The van der Waals surface area contributed by atoms with Crippen LogP contribution in [0.5, 0.6) is 5.75 Å². The third-order valence-electron chi connectivity index (χ3n) is 3.65. The van der Waals surface area contributed by atoms with Crippen LogP contribution in [-0.4, -0.2) is 36.4 Å². The number of aryl methyl sites for hydroxylation is 1. The molecular weight excluding hydrogens is 310 g/mol. The number of aromatic hydroxyl groups is 1. The summed E-state index contributed by atoms with van der Waals surface area (Å²) in [5.74, 6) is 0.0784. The summed E-state index contributed by atoms with van der Waals surface area (Å²) >= 11 is 0. The van der Waals surface area contributed by atoms with Gasteiger partial charge in [0.05, 0.1) is 0 Å². The van der Waals surface area contributed by atoms with E-state index < -0.39 is 0 Å². The minimum absolute atomic E-state index is 0. The van der Waals surface area contributed by atoms with E-state index in [2.05, 4.69) is 25.1 Å². The molecule has 2 aromatic carbocycles.